The maximum atomic E-state index is 13.4. The standard InChI is InChI=1S/C17H13ClFN3O3S/c18-13-4-2-1-3-10(13)8-16(23)21-12-7-11-5-6-15(19)22-17(11)14(9-12)26(20,24)25/h1-7,9H,8H2,(H,21,23)(H2,20,24,25). The van der Waals surface area contributed by atoms with Gasteiger partial charge in [0.25, 0.3) is 0 Å². The predicted molar refractivity (Wildman–Crippen MR) is 96.9 cm³/mol. The van der Waals surface area contributed by atoms with Crippen LogP contribution in [-0.2, 0) is 21.2 Å². The molecule has 1 heterocycles. The molecule has 0 unspecified atom stereocenters. The summed E-state index contributed by atoms with van der Waals surface area (Å²) < 4.78 is 37.0. The van der Waals surface area contributed by atoms with Crippen molar-refractivity contribution in [1.29, 1.82) is 0 Å². The summed E-state index contributed by atoms with van der Waals surface area (Å²) in [4.78, 5) is 15.5. The second-order valence-corrected chi connectivity index (χ2v) is 7.48. The van der Waals surface area contributed by atoms with Gasteiger partial charge in [0, 0.05) is 16.1 Å². The molecule has 3 rings (SSSR count). The molecule has 6 nitrogen and oxygen atoms in total. The molecule has 26 heavy (non-hydrogen) atoms. The summed E-state index contributed by atoms with van der Waals surface area (Å²) in [6.45, 7) is 0. The number of hydrogen-bond acceptors (Lipinski definition) is 4. The average molecular weight is 394 g/mol. The maximum absolute atomic E-state index is 13.4. The van der Waals surface area contributed by atoms with Gasteiger partial charge in [-0.1, -0.05) is 29.8 Å². The SMILES string of the molecule is NS(=O)(=O)c1cc(NC(=O)Cc2ccccc2Cl)cc2ccc(F)nc12. The van der Waals surface area contributed by atoms with Gasteiger partial charge >= 0.3 is 0 Å². The van der Waals surface area contributed by atoms with Gasteiger partial charge in [-0.15, -0.1) is 0 Å². The van der Waals surface area contributed by atoms with Crippen molar-refractivity contribution in [3.63, 3.8) is 0 Å². The van der Waals surface area contributed by atoms with Crippen LogP contribution in [0.2, 0.25) is 5.02 Å². The number of amides is 1. The molecular formula is C17H13ClFN3O3S. The van der Waals surface area contributed by atoms with Crippen LogP contribution in [0.4, 0.5) is 10.1 Å². The summed E-state index contributed by atoms with van der Waals surface area (Å²) in [5.74, 6) is -1.23. The number of aromatic nitrogens is 1. The van der Waals surface area contributed by atoms with E-state index in [2.05, 4.69) is 10.3 Å². The number of hydrogen-bond donors (Lipinski definition) is 2. The molecule has 0 bridgehead atoms. The quantitative estimate of drug-likeness (QED) is 0.665. The Morgan fingerprint density at radius 3 is 2.62 bits per heavy atom. The van der Waals surface area contributed by atoms with Gasteiger partial charge in [-0.25, -0.2) is 18.5 Å². The van der Waals surface area contributed by atoms with Gasteiger partial charge in [-0.3, -0.25) is 4.79 Å². The van der Waals surface area contributed by atoms with Crippen LogP contribution < -0.4 is 10.5 Å². The van der Waals surface area contributed by atoms with E-state index in [-0.39, 0.29) is 22.5 Å². The molecule has 1 aromatic heterocycles. The number of primary sulfonamides is 1. The van der Waals surface area contributed by atoms with Gasteiger partial charge in [0.2, 0.25) is 21.9 Å². The lowest BCUT2D eigenvalue weighted by Gasteiger charge is -2.10. The molecule has 0 fully saturated rings. The van der Waals surface area contributed by atoms with Crippen LogP contribution in [0.5, 0.6) is 0 Å². The van der Waals surface area contributed by atoms with Crippen molar-refractivity contribution in [2.24, 2.45) is 5.14 Å². The molecule has 3 aromatic rings. The van der Waals surface area contributed by atoms with E-state index >= 15 is 0 Å². The van der Waals surface area contributed by atoms with E-state index in [1.165, 1.54) is 12.1 Å². The second-order valence-electron chi connectivity index (χ2n) is 5.54. The summed E-state index contributed by atoms with van der Waals surface area (Å²) in [6.07, 6.45) is 0.00405. The molecule has 0 saturated heterocycles. The van der Waals surface area contributed by atoms with Crippen molar-refractivity contribution in [3.05, 3.63) is 65.1 Å². The van der Waals surface area contributed by atoms with E-state index in [1.807, 2.05) is 0 Å². The summed E-state index contributed by atoms with van der Waals surface area (Å²) in [7, 11) is -4.17. The first kappa shape index (κ1) is 18.2. The average Bonchev–Trinajstić information content (AvgIpc) is 2.55. The van der Waals surface area contributed by atoms with Crippen molar-refractivity contribution >= 4 is 44.1 Å². The monoisotopic (exact) mass is 393 g/mol. The number of nitrogens with one attached hydrogen (secondary N) is 1. The number of rotatable bonds is 4. The Bertz CT molecular complexity index is 1120. The minimum atomic E-state index is -4.17. The summed E-state index contributed by atoms with van der Waals surface area (Å²) >= 11 is 6.03. The fourth-order valence-electron chi connectivity index (χ4n) is 2.49. The third kappa shape index (κ3) is 3.98. The fraction of sp³-hybridized carbons (Fsp3) is 0.0588. The molecule has 134 valence electrons. The Morgan fingerprint density at radius 1 is 1.19 bits per heavy atom. The zero-order valence-electron chi connectivity index (χ0n) is 13.2. The van der Waals surface area contributed by atoms with E-state index in [0.717, 1.165) is 12.1 Å². The molecule has 9 heteroatoms. The molecule has 0 aliphatic heterocycles. The molecule has 2 aromatic carbocycles. The number of nitrogens with two attached hydrogens (primary N) is 1. The highest BCUT2D eigenvalue weighted by molar-refractivity contribution is 7.89. The fourth-order valence-corrected chi connectivity index (χ4v) is 3.41. The van der Waals surface area contributed by atoms with Crippen LogP contribution in [0.25, 0.3) is 10.9 Å². The Labute approximate surface area is 153 Å². The number of anilines is 1. The van der Waals surface area contributed by atoms with Crippen LogP contribution in [0.1, 0.15) is 5.56 Å². The lowest BCUT2D eigenvalue weighted by Crippen LogP contribution is -2.17. The van der Waals surface area contributed by atoms with Crippen LogP contribution in [-0.4, -0.2) is 19.3 Å². The van der Waals surface area contributed by atoms with Crippen molar-refractivity contribution in [2.75, 3.05) is 5.32 Å². The number of carbonyl (C=O) groups excluding carboxylic acids is 1. The minimum absolute atomic E-state index is 0.00405. The van der Waals surface area contributed by atoms with Crippen molar-refractivity contribution in [1.82, 2.24) is 4.98 Å². The number of pyridine rings is 1. The second kappa shape index (κ2) is 6.99. The van der Waals surface area contributed by atoms with Gasteiger partial charge < -0.3 is 5.32 Å². The molecule has 1 amide bonds. The van der Waals surface area contributed by atoms with Crippen LogP contribution in [0, 0.1) is 5.95 Å². The molecule has 0 aliphatic rings. The van der Waals surface area contributed by atoms with E-state index in [0.29, 0.717) is 16.0 Å². The first-order valence-corrected chi connectivity index (χ1v) is 9.33. The molecule has 0 spiro atoms. The zero-order chi connectivity index (χ0) is 18.9. The lowest BCUT2D eigenvalue weighted by molar-refractivity contribution is -0.115. The highest BCUT2D eigenvalue weighted by atomic mass is 35.5. The molecule has 0 aliphatic carbocycles. The normalized spacial score (nSPS) is 11.5. The van der Waals surface area contributed by atoms with Gasteiger partial charge in [-0.05, 0) is 35.9 Å². The van der Waals surface area contributed by atoms with Crippen LogP contribution in [0.3, 0.4) is 0 Å². The van der Waals surface area contributed by atoms with E-state index < -0.39 is 21.9 Å². The Hall–Kier alpha value is -2.55. The predicted octanol–water partition coefficient (Wildman–Crippen LogP) is 2.86. The first-order valence-electron chi connectivity index (χ1n) is 7.40. The lowest BCUT2D eigenvalue weighted by atomic mass is 10.1. The van der Waals surface area contributed by atoms with Gasteiger partial charge in [0.05, 0.1) is 11.9 Å². The number of sulfonamides is 1. The maximum Gasteiger partial charge on any atom is 0.240 e. The first-order chi connectivity index (χ1) is 12.2. The number of carbonyl (C=O) groups is 1. The van der Waals surface area contributed by atoms with Gasteiger partial charge in [-0.2, -0.15) is 4.39 Å². The van der Waals surface area contributed by atoms with Gasteiger partial charge in [0.15, 0.2) is 0 Å². The summed E-state index contributed by atoms with van der Waals surface area (Å²) in [5, 5.41) is 8.57. The number of nitrogens with zero attached hydrogens (tertiary/aromatic N) is 1. The smallest absolute Gasteiger partial charge is 0.240 e. The third-order valence-corrected chi connectivity index (χ3v) is 4.92. The van der Waals surface area contributed by atoms with Crippen LogP contribution >= 0.6 is 11.6 Å². The highest BCUT2D eigenvalue weighted by Crippen LogP contribution is 2.26. The molecule has 0 atom stereocenters. The number of halogens is 2. The Morgan fingerprint density at radius 2 is 1.92 bits per heavy atom. The van der Waals surface area contributed by atoms with Crippen LogP contribution in [0.15, 0.2) is 53.4 Å². The highest BCUT2D eigenvalue weighted by Gasteiger charge is 2.17. The Balaban J connectivity index is 1.97. The van der Waals surface area contributed by atoms with E-state index in [1.54, 1.807) is 24.3 Å². The molecule has 3 N–H and O–H groups in total. The molecular weight excluding hydrogens is 381 g/mol. The van der Waals surface area contributed by atoms with E-state index in [9.17, 15) is 17.6 Å². The van der Waals surface area contributed by atoms with Crippen molar-refractivity contribution in [2.45, 2.75) is 11.3 Å². The third-order valence-electron chi connectivity index (χ3n) is 3.62. The summed E-state index contributed by atoms with van der Waals surface area (Å²) in [6, 6.07) is 12.0. The summed E-state index contributed by atoms with van der Waals surface area (Å²) in [5.41, 5.74) is 0.728. The van der Waals surface area contributed by atoms with Gasteiger partial charge in [0.1, 0.15) is 4.90 Å². The Kier molecular flexibility index (Phi) is 4.90. The van der Waals surface area contributed by atoms with E-state index in [4.69, 9.17) is 16.7 Å². The molecule has 0 radical (unpaired) electrons. The topological polar surface area (TPSA) is 102 Å². The van der Waals surface area contributed by atoms with Crippen molar-refractivity contribution < 1.29 is 17.6 Å². The molecule has 0 saturated carbocycles. The zero-order valence-corrected chi connectivity index (χ0v) is 14.8. The number of fused-ring (bicyclic) bond motifs is 1. The van der Waals surface area contributed by atoms with Crippen molar-refractivity contribution in [3.8, 4) is 0 Å². The minimum Gasteiger partial charge on any atom is -0.326 e. The number of benzene rings is 2. The largest absolute Gasteiger partial charge is 0.326 e.